The number of nitrogens with one attached hydrogen (secondary N) is 2. The van der Waals surface area contributed by atoms with Crippen molar-refractivity contribution >= 4 is 10.0 Å². The van der Waals surface area contributed by atoms with Crippen LogP contribution in [0.4, 0.5) is 0 Å². The summed E-state index contributed by atoms with van der Waals surface area (Å²) in [6.07, 6.45) is 5.05. The highest BCUT2D eigenvalue weighted by Crippen LogP contribution is 2.28. The lowest BCUT2D eigenvalue weighted by molar-refractivity contribution is 0.123. The molecule has 5 nitrogen and oxygen atoms in total. The van der Waals surface area contributed by atoms with Gasteiger partial charge in [-0.2, -0.15) is 0 Å². The molecule has 0 radical (unpaired) electrons. The van der Waals surface area contributed by atoms with Crippen LogP contribution in [0.25, 0.3) is 0 Å². The van der Waals surface area contributed by atoms with Gasteiger partial charge in [0.1, 0.15) is 0 Å². The van der Waals surface area contributed by atoms with Crippen molar-refractivity contribution in [2.75, 3.05) is 32.8 Å². The SMILES string of the molecule is O=S(=O)(NCCCOCC1CC1)C1CCCNC1. The summed E-state index contributed by atoms with van der Waals surface area (Å²) in [4.78, 5) is 0. The molecular weight excluding hydrogens is 252 g/mol. The van der Waals surface area contributed by atoms with Gasteiger partial charge in [0.15, 0.2) is 0 Å². The Morgan fingerprint density at radius 1 is 1.28 bits per heavy atom. The van der Waals surface area contributed by atoms with Crippen LogP contribution < -0.4 is 10.0 Å². The van der Waals surface area contributed by atoms with Crippen molar-refractivity contribution in [3.8, 4) is 0 Å². The van der Waals surface area contributed by atoms with Gasteiger partial charge in [0, 0.05) is 26.3 Å². The molecule has 1 unspecified atom stereocenters. The van der Waals surface area contributed by atoms with E-state index in [1.54, 1.807) is 0 Å². The van der Waals surface area contributed by atoms with Crippen molar-refractivity contribution in [1.82, 2.24) is 10.0 Å². The summed E-state index contributed by atoms with van der Waals surface area (Å²) in [6.45, 7) is 3.50. The maximum Gasteiger partial charge on any atom is 0.215 e. The number of sulfonamides is 1. The van der Waals surface area contributed by atoms with Gasteiger partial charge in [-0.25, -0.2) is 13.1 Å². The molecule has 2 N–H and O–H groups in total. The zero-order chi connectivity index (χ0) is 12.8. The van der Waals surface area contributed by atoms with Crippen LogP contribution in [0.1, 0.15) is 32.1 Å². The molecular formula is C12H24N2O3S. The molecule has 0 spiro atoms. The first-order valence-corrected chi connectivity index (χ1v) is 8.50. The van der Waals surface area contributed by atoms with Gasteiger partial charge in [0.2, 0.25) is 10.0 Å². The molecule has 106 valence electrons. The van der Waals surface area contributed by atoms with E-state index >= 15 is 0 Å². The highest BCUT2D eigenvalue weighted by Gasteiger charge is 2.26. The molecule has 2 rings (SSSR count). The molecule has 18 heavy (non-hydrogen) atoms. The van der Waals surface area contributed by atoms with Gasteiger partial charge in [-0.3, -0.25) is 0 Å². The summed E-state index contributed by atoms with van der Waals surface area (Å²) in [6, 6.07) is 0. The fourth-order valence-corrected chi connectivity index (χ4v) is 3.60. The predicted octanol–water partition coefficient (Wildman–Crippen LogP) is 0.475. The van der Waals surface area contributed by atoms with Crippen molar-refractivity contribution < 1.29 is 13.2 Å². The summed E-state index contributed by atoms with van der Waals surface area (Å²) in [5.74, 6) is 0.773. The Labute approximate surface area is 110 Å². The lowest BCUT2D eigenvalue weighted by Crippen LogP contribution is -2.44. The quantitative estimate of drug-likeness (QED) is 0.633. The van der Waals surface area contributed by atoms with Gasteiger partial charge < -0.3 is 10.1 Å². The maximum atomic E-state index is 11.9. The Bertz CT molecular complexity index is 335. The number of ether oxygens (including phenoxy) is 1. The van der Waals surface area contributed by atoms with Crippen molar-refractivity contribution in [1.29, 1.82) is 0 Å². The molecule has 1 saturated carbocycles. The van der Waals surface area contributed by atoms with Crippen LogP contribution in [0.2, 0.25) is 0 Å². The molecule has 6 heteroatoms. The van der Waals surface area contributed by atoms with E-state index in [2.05, 4.69) is 10.0 Å². The van der Waals surface area contributed by atoms with Crippen LogP contribution in [0.3, 0.4) is 0 Å². The lowest BCUT2D eigenvalue weighted by Gasteiger charge is -2.22. The van der Waals surface area contributed by atoms with Crippen molar-refractivity contribution in [2.45, 2.75) is 37.4 Å². The first kappa shape index (κ1) is 14.2. The zero-order valence-electron chi connectivity index (χ0n) is 10.9. The highest BCUT2D eigenvalue weighted by atomic mass is 32.2. The summed E-state index contributed by atoms with van der Waals surface area (Å²) in [5.41, 5.74) is 0. The third-order valence-electron chi connectivity index (χ3n) is 3.51. The first-order chi connectivity index (χ1) is 8.68. The fourth-order valence-electron chi connectivity index (χ4n) is 2.13. The van der Waals surface area contributed by atoms with Gasteiger partial charge >= 0.3 is 0 Å². The Morgan fingerprint density at radius 2 is 2.11 bits per heavy atom. The van der Waals surface area contributed by atoms with Crippen LogP contribution in [-0.4, -0.2) is 46.5 Å². The van der Waals surface area contributed by atoms with Crippen molar-refractivity contribution in [2.24, 2.45) is 5.92 Å². The van der Waals surface area contributed by atoms with Crippen LogP contribution in [0, 0.1) is 5.92 Å². The lowest BCUT2D eigenvalue weighted by atomic mass is 10.2. The monoisotopic (exact) mass is 276 g/mol. The van der Waals surface area contributed by atoms with Crippen molar-refractivity contribution in [3.05, 3.63) is 0 Å². The molecule has 2 fully saturated rings. The van der Waals surface area contributed by atoms with Gasteiger partial charge in [-0.1, -0.05) is 0 Å². The topological polar surface area (TPSA) is 67.4 Å². The molecule has 1 atom stereocenters. The number of piperidine rings is 1. The molecule has 0 amide bonds. The first-order valence-electron chi connectivity index (χ1n) is 6.95. The number of hydrogen-bond acceptors (Lipinski definition) is 4. The van der Waals surface area contributed by atoms with E-state index in [4.69, 9.17) is 4.74 Å². The Balaban J connectivity index is 1.55. The second-order valence-electron chi connectivity index (χ2n) is 5.28. The van der Waals surface area contributed by atoms with Gasteiger partial charge in [0.05, 0.1) is 5.25 Å². The summed E-state index contributed by atoms with van der Waals surface area (Å²) in [7, 11) is -3.14. The smallest absolute Gasteiger partial charge is 0.215 e. The summed E-state index contributed by atoms with van der Waals surface area (Å²) < 4.78 is 32.0. The molecule has 1 aliphatic carbocycles. The minimum absolute atomic E-state index is 0.265. The second kappa shape index (κ2) is 6.84. The average Bonchev–Trinajstić information content (AvgIpc) is 3.19. The van der Waals surface area contributed by atoms with Crippen molar-refractivity contribution in [3.63, 3.8) is 0 Å². The zero-order valence-corrected chi connectivity index (χ0v) is 11.7. The summed E-state index contributed by atoms with van der Waals surface area (Å²) in [5, 5.41) is 2.86. The van der Waals surface area contributed by atoms with Crippen LogP contribution >= 0.6 is 0 Å². The summed E-state index contributed by atoms with van der Waals surface area (Å²) >= 11 is 0. The van der Waals surface area contributed by atoms with Gasteiger partial charge in [0.25, 0.3) is 0 Å². The molecule has 0 aromatic rings. The Kier molecular flexibility index (Phi) is 5.41. The molecule has 1 saturated heterocycles. The third kappa shape index (κ3) is 4.84. The van der Waals surface area contributed by atoms with E-state index in [0.29, 0.717) is 19.7 Å². The van der Waals surface area contributed by atoms with Crippen LogP contribution in [0.15, 0.2) is 0 Å². The minimum atomic E-state index is -3.14. The average molecular weight is 276 g/mol. The van der Waals surface area contributed by atoms with Crippen LogP contribution in [0.5, 0.6) is 0 Å². The van der Waals surface area contributed by atoms with E-state index in [-0.39, 0.29) is 5.25 Å². The Hall–Kier alpha value is -0.170. The van der Waals surface area contributed by atoms with Gasteiger partial charge in [-0.05, 0) is 44.6 Å². The van der Waals surface area contributed by atoms with E-state index < -0.39 is 10.0 Å². The van der Waals surface area contributed by atoms with Crippen LogP contribution in [-0.2, 0) is 14.8 Å². The molecule has 1 heterocycles. The van der Waals surface area contributed by atoms with E-state index in [1.807, 2.05) is 0 Å². The van der Waals surface area contributed by atoms with E-state index in [0.717, 1.165) is 38.3 Å². The number of rotatable bonds is 8. The maximum absolute atomic E-state index is 11.9. The highest BCUT2D eigenvalue weighted by molar-refractivity contribution is 7.90. The molecule has 0 bridgehead atoms. The molecule has 1 aliphatic heterocycles. The predicted molar refractivity (Wildman–Crippen MR) is 71.0 cm³/mol. The van der Waals surface area contributed by atoms with E-state index in [1.165, 1.54) is 12.8 Å². The van der Waals surface area contributed by atoms with Gasteiger partial charge in [-0.15, -0.1) is 0 Å². The second-order valence-corrected chi connectivity index (χ2v) is 7.32. The standard InChI is InChI=1S/C12H24N2O3S/c15-18(16,12-3-1-6-13-9-12)14-7-2-8-17-10-11-4-5-11/h11-14H,1-10H2. The number of hydrogen-bond donors (Lipinski definition) is 2. The molecule has 2 aliphatic rings. The fraction of sp³-hybridized carbons (Fsp3) is 1.00. The largest absolute Gasteiger partial charge is 0.381 e. The van der Waals surface area contributed by atoms with E-state index in [9.17, 15) is 8.42 Å². The molecule has 0 aromatic heterocycles. The minimum Gasteiger partial charge on any atom is -0.381 e. The normalized spacial score (nSPS) is 25.2. The third-order valence-corrected chi connectivity index (χ3v) is 5.40. The molecule has 0 aromatic carbocycles. The Morgan fingerprint density at radius 3 is 2.78 bits per heavy atom.